The van der Waals surface area contributed by atoms with Gasteiger partial charge < -0.3 is 0 Å². The molecule has 0 radical (unpaired) electrons. The predicted molar refractivity (Wildman–Crippen MR) is 182 cm³/mol. The van der Waals surface area contributed by atoms with Crippen LogP contribution in [-0.2, 0) is 5.41 Å². The molecule has 0 aliphatic heterocycles. The van der Waals surface area contributed by atoms with Crippen LogP contribution in [0, 0.1) is 0 Å². The minimum absolute atomic E-state index is 0.0544. The van der Waals surface area contributed by atoms with Crippen LogP contribution in [0.3, 0.4) is 0 Å². The molecule has 1 aliphatic rings. The zero-order valence-corrected chi connectivity index (χ0v) is 25.1. The van der Waals surface area contributed by atoms with E-state index >= 15 is 0 Å². The van der Waals surface area contributed by atoms with Gasteiger partial charge in [-0.05, 0) is 51.6 Å². The Morgan fingerprint density at radius 2 is 0.911 bits per heavy atom. The van der Waals surface area contributed by atoms with E-state index in [-0.39, 0.29) is 5.41 Å². The lowest BCUT2D eigenvalue weighted by Gasteiger charge is -2.21. The molecule has 4 heteroatoms. The van der Waals surface area contributed by atoms with Gasteiger partial charge in [0.2, 0.25) is 0 Å². The summed E-state index contributed by atoms with van der Waals surface area (Å²) in [6.07, 6.45) is 1.84. The maximum Gasteiger partial charge on any atom is 0.166 e. The van der Waals surface area contributed by atoms with E-state index in [1.165, 1.54) is 27.8 Å². The number of benzene rings is 5. The van der Waals surface area contributed by atoms with Crippen LogP contribution in [0.25, 0.3) is 67.7 Å². The first kappa shape index (κ1) is 26.9. The Balaban J connectivity index is 1.27. The van der Waals surface area contributed by atoms with Crippen molar-refractivity contribution >= 4 is 0 Å². The molecule has 0 N–H and O–H groups in total. The minimum Gasteiger partial charge on any atom is -0.255 e. The Kier molecular flexibility index (Phi) is 6.42. The molecular weight excluding hydrogens is 548 g/mol. The predicted octanol–water partition coefficient (Wildman–Crippen LogP) is 9.91. The van der Waals surface area contributed by atoms with Crippen LogP contribution in [0.1, 0.15) is 25.0 Å². The Morgan fingerprint density at radius 1 is 0.400 bits per heavy atom. The van der Waals surface area contributed by atoms with Crippen LogP contribution >= 0.6 is 0 Å². The average molecular weight is 579 g/mol. The third-order valence-electron chi connectivity index (χ3n) is 8.82. The minimum atomic E-state index is -0.0544. The van der Waals surface area contributed by atoms with Crippen molar-refractivity contribution in [2.75, 3.05) is 0 Å². The van der Waals surface area contributed by atoms with E-state index in [1.54, 1.807) is 0 Å². The molecule has 0 fully saturated rings. The zero-order chi connectivity index (χ0) is 30.4. The lowest BCUT2D eigenvalue weighted by atomic mass is 9.82. The summed E-state index contributed by atoms with van der Waals surface area (Å²) in [6.45, 7) is 4.60. The molecule has 2 heterocycles. The summed E-state index contributed by atoms with van der Waals surface area (Å²) in [5.74, 6) is 1.84. The number of hydrogen-bond acceptors (Lipinski definition) is 4. The lowest BCUT2D eigenvalue weighted by molar-refractivity contribution is 0.660. The molecule has 0 amide bonds. The van der Waals surface area contributed by atoms with Gasteiger partial charge in [-0.2, -0.15) is 0 Å². The van der Waals surface area contributed by atoms with Gasteiger partial charge in [0, 0.05) is 33.9 Å². The first-order chi connectivity index (χ1) is 22.1. The fourth-order valence-electron chi connectivity index (χ4n) is 6.47. The first-order valence-corrected chi connectivity index (χ1v) is 15.2. The van der Waals surface area contributed by atoms with Crippen molar-refractivity contribution in [3.63, 3.8) is 0 Å². The van der Waals surface area contributed by atoms with Crippen molar-refractivity contribution in [2.45, 2.75) is 19.3 Å². The van der Waals surface area contributed by atoms with Crippen molar-refractivity contribution < 1.29 is 0 Å². The van der Waals surface area contributed by atoms with E-state index in [9.17, 15) is 0 Å². The van der Waals surface area contributed by atoms with Crippen LogP contribution in [-0.4, -0.2) is 19.9 Å². The smallest absolute Gasteiger partial charge is 0.166 e. The second-order valence-electron chi connectivity index (χ2n) is 11.9. The summed E-state index contributed by atoms with van der Waals surface area (Å²) in [5.41, 5.74) is 12.1. The van der Waals surface area contributed by atoms with E-state index in [0.29, 0.717) is 17.5 Å². The summed E-state index contributed by atoms with van der Waals surface area (Å²) < 4.78 is 0. The number of pyridine rings is 1. The van der Waals surface area contributed by atoms with Gasteiger partial charge in [-0.3, -0.25) is 4.98 Å². The molecule has 0 atom stereocenters. The molecule has 4 nitrogen and oxygen atoms in total. The highest BCUT2D eigenvalue weighted by molar-refractivity contribution is 5.87. The highest BCUT2D eigenvalue weighted by Crippen LogP contribution is 2.49. The maximum atomic E-state index is 5.06. The molecular formula is C41H30N4. The molecule has 45 heavy (non-hydrogen) atoms. The van der Waals surface area contributed by atoms with Gasteiger partial charge in [-0.25, -0.2) is 15.0 Å². The normalized spacial score (nSPS) is 12.8. The van der Waals surface area contributed by atoms with Gasteiger partial charge >= 0.3 is 0 Å². The van der Waals surface area contributed by atoms with Gasteiger partial charge in [0.25, 0.3) is 0 Å². The van der Waals surface area contributed by atoms with E-state index in [0.717, 1.165) is 33.5 Å². The monoisotopic (exact) mass is 578 g/mol. The van der Waals surface area contributed by atoms with Crippen molar-refractivity contribution in [2.24, 2.45) is 0 Å². The highest BCUT2D eigenvalue weighted by Gasteiger charge is 2.35. The summed E-state index contributed by atoms with van der Waals surface area (Å²) in [6, 6.07) is 48.3. The second-order valence-corrected chi connectivity index (χ2v) is 11.9. The number of nitrogens with zero attached hydrogens (tertiary/aromatic N) is 4. The van der Waals surface area contributed by atoms with Crippen LogP contribution in [0.5, 0.6) is 0 Å². The van der Waals surface area contributed by atoms with Gasteiger partial charge in [0.1, 0.15) is 0 Å². The van der Waals surface area contributed by atoms with Crippen molar-refractivity contribution in [1.29, 1.82) is 0 Å². The van der Waals surface area contributed by atoms with Crippen LogP contribution < -0.4 is 0 Å². The molecule has 8 rings (SSSR count). The molecule has 0 bridgehead atoms. The molecule has 5 aromatic carbocycles. The van der Waals surface area contributed by atoms with Gasteiger partial charge in [-0.1, -0.05) is 135 Å². The molecule has 2 aromatic heterocycles. The Bertz CT molecular complexity index is 2170. The highest BCUT2D eigenvalue weighted by atomic mass is 15.0. The van der Waals surface area contributed by atoms with Crippen LogP contribution in [0.2, 0.25) is 0 Å². The number of fused-ring (bicyclic) bond motifs is 3. The molecule has 0 saturated carbocycles. The van der Waals surface area contributed by atoms with Crippen LogP contribution in [0.15, 0.2) is 146 Å². The average Bonchev–Trinajstić information content (AvgIpc) is 3.34. The van der Waals surface area contributed by atoms with E-state index in [4.69, 9.17) is 19.9 Å². The number of hydrogen-bond donors (Lipinski definition) is 0. The summed E-state index contributed by atoms with van der Waals surface area (Å²) in [4.78, 5) is 19.9. The fraction of sp³-hybridized carbons (Fsp3) is 0.0732. The van der Waals surface area contributed by atoms with Gasteiger partial charge in [0.05, 0.1) is 5.69 Å². The topological polar surface area (TPSA) is 51.6 Å². The zero-order valence-electron chi connectivity index (χ0n) is 25.1. The second kappa shape index (κ2) is 10.8. The molecule has 7 aromatic rings. The molecule has 0 saturated heterocycles. The third kappa shape index (κ3) is 4.72. The van der Waals surface area contributed by atoms with Gasteiger partial charge in [-0.15, -0.1) is 0 Å². The maximum absolute atomic E-state index is 5.06. The quantitative estimate of drug-likeness (QED) is 0.204. The summed E-state index contributed by atoms with van der Waals surface area (Å²) in [5, 5.41) is 0. The largest absolute Gasteiger partial charge is 0.255 e. The van der Waals surface area contributed by atoms with Crippen molar-refractivity contribution in [3.05, 3.63) is 157 Å². The summed E-state index contributed by atoms with van der Waals surface area (Å²) in [7, 11) is 0. The standard InChI is InChI=1S/C41H30N4/c1-41(2)35-18-10-9-16-32(35)34-26-31(23-24-36(34)41)37-33(17-11-25-42-37)40-44-38(29-14-7-4-8-15-29)43-39(45-40)30-21-19-28(20-22-30)27-12-5-3-6-13-27/h3-26H,1-2H3. The van der Waals surface area contributed by atoms with Gasteiger partial charge in [0.15, 0.2) is 17.5 Å². The van der Waals surface area contributed by atoms with E-state index in [2.05, 4.69) is 111 Å². The Hall–Kier alpha value is -5.74. The molecule has 1 aliphatic carbocycles. The third-order valence-corrected chi connectivity index (χ3v) is 8.82. The molecule has 0 spiro atoms. The SMILES string of the molecule is CC1(C)c2ccccc2-c2cc(-c3ncccc3-c3nc(-c4ccccc4)nc(-c4ccc(-c5ccccc5)cc4)n3)ccc21. The fourth-order valence-corrected chi connectivity index (χ4v) is 6.47. The van der Waals surface area contributed by atoms with E-state index in [1.807, 2.05) is 48.7 Å². The van der Waals surface area contributed by atoms with E-state index < -0.39 is 0 Å². The Morgan fingerprint density at radius 3 is 1.64 bits per heavy atom. The number of aromatic nitrogens is 4. The van der Waals surface area contributed by atoms with Crippen LogP contribution in [0.4, 0.5) is 0 Å². The molecule has 0 unspecified atom stereocenters. The molecule has 214 valence electrons. The Labute approximate surface area is 263 Å². The first-order valence-electron chi connectivity index (χ1n) is 15.2. The summed E-state index contributed by atoms with van der Waals surface area (Å²) >= 11 is 0. The lowest BCUT2D eigenvalue weighted by Crippen LogP contribution is -2.14. The van der Waals surface area contributed by atoms with Crippen molar-refractivity contribution in [1.82, 2.24) is 19.9 Å². The number of rotatable bonds is 5. The van der Waals surface area contributed by atoms with Crippen molar-refractivity contribution in [3.8, 4) is 67.7 Å².